The van der Waals surface area contributed by atoms with Gasteiger partial charge in [-0.1, -0.05) is 48.5 Å². The molecular formula is C41H32N2+2. The number of aryl methyl sites for hydroxylation is 2. The van der Waals surface area contributed by atoms with E-state index in [4.69, 9.17) is 0 Å². The minimum absolute atomic E-state index is 1.07. The van der Waals surface area contributed by atoms with Gasteiger partial charge in [0, 0.05) is 48.5 Å². The van der Waals surface area contributed by atoms with Crippen LogP contribution in [0.25, 0.3) is 54.5 Å². The summed E-state index contributed by atoms with van der Waals surface area (Å²) in [6.45, 7) is 0. The molecule has 0 saturated carbocycles. The van der Waals surface area contributed by atoms with Gasteiger partial charge in [0.1, 0.15) is 0 Å². The number of fused-ring (bicyclic) bond motifs is 4. The maximum absolute atomic E-state index is 2.29. The number of pyridine rings is 2. The second-order valence-electron chi connectivity index (χ2n) is 11.5. The summed E-state index contributed by atoms with van der Waals surface area (Å²) < 4.78 is 4.42. The van der Waals surface area contributed by atoms with Crippen LogP contribution in [0, 0.1) is 0 Å². The Morgan fingerprint density at radius 3 is 1.07 bits per heavy atom. The van der Waals surface area contributed by atoms with Crippen LogP contribution >= 0.6 is 0 Å². The van der Waals surface area contributed by atoms with Crippen LogP contribution < -0.4 is 9.13 Å². The monoisotopic (exact) mass is 552 g/mol. The van der Waals surface area contributed by atoms with Crippen LogP contribution in [0.2, 0.25) is 0 Å². The molecule has 0 unspecified atom stereocenters. The lowest BCUT2D eigenvalue weighted by atomic mass is 10.0. The smallest absolute Gasteiger partial charge is 0.167 e. The van der Waals surface area contributed by atoms with Gasteiger partial charge >= 0.3 is 0 Å². The van der Waals surface area contributed by atoms with Crippen LogP contribution in [0.5, 0.6) is 0 Å². The predicted molar refractivity (Wildman–Crippen MR) is 178 cm³/mol. The van der Waals surface area contributed by atoms with Gasteiger partial charge in [0.05, 0.1) is 0 Å². The Balaban J connectivity index is 0.919. The average molecular weight is 553 g/mol. The molecule has 43 heavy (non-hydrogen) atoms. The fourth-order valence-corrected chi connectivity index (χ4v) is 6.26. The molecule has 204 valence electrons. The molecule has 0 aliphatic carbocycles. The normalized spacial score (nSPS) is 11.5. The largest absolute Gasteiger partial charge is 0.211 e. The number of rotatable bonds is 6. The standard InChI is InChI=1S/C41H32N2/c1-3-10-34-26-38-28-40(14-12-36(38)24-32(34)8-1)42-20-16-30(17-21-42)6-5-7-31-18-22-43(23-19-31)41-15-13-37-25-33-9-2-4-11-35(33)27-39(37)29-41/h1-4,8-29H,5-7H2/q+2. The van der Waals surface area contributed by atoms with Crippen molar-refractivity contribution in [3.8, 4) is 11.4 Å². The first kappa shape index (κ1) is 25.4. The van der Waals surface area contributed by atoms with Crippen molar-refractivity contribution >= 4 is 43.1 Å². The molecule has 0 saturated heterocycles. The van der Waals surface area contributed by atoms with Gasteiger partial charge in [0.2, 0.25) is 11.4 Å². The summed E-state index contributed by atoms with van der Waals surface area (Å²) in [6, 6.07) is 48.7. The second-order valence-corrected chi connectivity index (χ2v) is 11.5. The lowest BCUT2D eigenvalue weighted by Gasteiger charge is -2.05. The summed E-state index contributed by atoms with van der Waals surface area (Å²) in [5, 5.41) is 10.2. The zero-order chi connectivity index (χ0) is 28.6. The molecular weight excluding hydrogens is 520 g/mol. The van der Waals surface area contributed by atoms with Crippen LogP contribution in [0.1, 0.15) is 17.5 Å². The summed E-state index contributed by atoms with van der Waals surface area (Å²) in [5.74, 6) is 0. The van der Waals surface area contributed by atoms with E-state index in [1.54, 1.807) is 0 Å². The summed E-state index contributed by atoms with van der Waals surface area (Å²) in [7, 11) is 0. The first-order valence-corrected chi connectivity index (χ1v) is 15.1. The van der Waals surface area contributed by atoms with Crippen molar-refractivity contribution in [2.24, 2.45) is 0 Å². The fourth-order valence-electron chi connectivity index (χ4n) is 6.26. The average Bonchev–Trinajstić information content (AvgIpc) is 3.06. The molecule has 2 nitrogen and oxygen atoms in total. The first-order chi connectivity index (χ1) is 21.2. The second kappa shape index (κ2) is 10.8. The van der Waals surface area contributed by atoms with E-state index < -0.39 is 0 Å². The van der Waals surface area contributed by atoms with Crippen LogP contribution in [0.15, 0.2) is 158 Å². The number of hydrogen-bond donors (Lipinski definition) is 0. The molecule has 6 aromatic carbocycles. The van der Waals surface area contributed by atoms with Gasteiger partial charge in [0.15, 0.2) is 24.8 Å². The third kappa shape index (κ3) is 5.13. The molecule has 0 atom stereocenters. The minimum atomic E-state index is 1.07. The van der Waals surface area contributed by atoms with Gasteiger partial charge in [-0.2, -0.15) is 9.13 Å². The van der Waals surface area contributed by atoms with Crippen molar-refractivity contribution < 1.29 is 9.13 Å². The van der Waals surface area contributed by atoms with Crippen LogP contribution in [-0.4, -0.2) is 0 Å². The maximum atomic E-state index is 2.29. The molecule has 0 amide bonds. The van der Waals surface area contributed by atoms with E-state index in [1.165, 1.54) is 65.6 Å². The minimum Gasteiger partial charge on any atom is -0.167 e. The Kier molecular flexibility index (Phi) is 6.38. The molecule has 2 aromatic heterocycles. The molecule has 8 aromatic rings. The van der Waals surface area contributed by atoms with Crippen molar-refractivity contribution in [1.82, 2.24) is 0 Å². The number of hydrogen-bond acceptors (Lipinski definition) is 0. The van der Waals surface area contributed by atoms with Crippen LogP contribution in [0.3, 0.4) is 0 Å². The molecule has 0 radical (unpaired) electrons. The van der Waals surface area contributed by atoms with Crippen molar-refractivity contribution in [2.45, 2.75) is 19.3 Å². The van der Waals surface area contributed by atoms with E-state index in [-0.39, 0.29) is 0 Å². The Morgan fingerprint density at radius 1 is 0.326 bits per heavy atom. The molecule has 0 aliphatic heterocycles. The summed E-state index contributed by atoms with van der Waals surface area (Å²) in [4.78, 5) is 0. The molecule has 8 rings (SSSR count). The lowest BCUT2D eigenvalue weighted by molar-refractivity contribution is -0.595. The molecule has 0 N–H and O–H groups in total. The quantitative estimate of drug-likeness (QED) is 0.144. The highest BCUT2D eigenvalue weighted by Crippen LogP contribution is 2.25. The lowest BCUT2D eigenvalue weighted by Crippen LogP contribution is -2.29. The van der Waals surface area contributed by atoms with Gasteiger partial charge in [0.25, 0.3) is 0 Å². The number of aromatic nitrogens is 2. The maximum Gasteiger partial charge on any atom is 0.211 e. The number of nitrogens with zero attached hydrogens (tertiary/aromatic N) is 2. The van der Waals surface area contributed by atoms with Crippen LogP contribution in [0.4, 0.5) is 0 Å². The van der Waals surface area contributed by atoms with E-state index in [1.807, 2.05) is 0 Å². The zero-order valence-electron chi connectivity index (χ0n) is 24.0. The van der Waals surface area contributed by atoms with Gasteiger partial charge in [-0.15, -0.1) is 0 Å². The Morgan fingerprint density at radius 2 is 0.674 bits per heavy atom. The topological polar surface area (TPSA) is 7.76 Å². The summed E-state index contributed by atoms with van der Waals surface area (Å²) in [6.07, 6.45) is 12.0. The third-order valence-corrected chi connectivity index (χ3v) is 8.70. The molecule has 2 heteroatoms. The molecule has 0 spiro atoms. The highest BCUT2D eigenvalue weighted by atomic mass is 14.9. The van der Waals surface area contributed by atoms with Gasteiger partial charge in [-0.25, -0.2) is 0 Å². The first-order valence-electron chi connectivity index (χ1n) is 15.1. The number of benzene rings is 6. The van der Waals surface area contributed by atoms with Crippen molar-refractivity contribution in [1.29, 1.82) is 0 Å². The zero-order valence-corrected chi connectivity index (χ0v) is 24.0. The van der Waals surface area contributed by atoms with E-state index in [9.17, 15) is 0 Å². The van der Waals surface area contributed by atoms with Crippen molar-refractivity contribution in [2.75, 3.05) is 0 Å². The van der Waals surface area contributed by atoms with Gasteiger partial charge in [-0.05, 0) is 110 Å². The molecule has 0 fully saturated rings. The third-order valence-electron chi connectivity index (χ3n) is 8.70. The fraction of sp³-hybridized carbons (Fsp3) is 0.0732. The van der Waals surface area contributed by atoms with Crippen molar-refractivity contribution in [3.63, 3.8) is 0 Å². The Hall–Kier alpha value is -5.34. The molecule has 2 heterocycles. The van der Waals surface area contributed by atoms with E-state index >= 15 is 0 Å². The predicted octanol–water partition coefficient (Wildman–Crippen LogP) is 9.03. The Bertz CT molecular complexity index is 2080. The van der Waals surface area contributed by atoms with Gasteiger partial charge in [-0.3, -0.25) is 0 Å². The summed E-state index contributed by atoms with van der Waals surface area (Å²) in [5.41, 5.74) is 5.12. The van der Waals surface area contributed by atoms with E-state index in [0.717, 1.165) is 19.3 Å². The summed E-state index contributed by atoms with van der Waals surface area (Å²) >= 11 is 0. The Labute approximate surface area is 251 Å². The van der Waals surface area contributed by atoms with Crippen molar-refractivity contribution in [3.05, 3.63) is 169 Å². The molecule has 0 aliphatic rings. The molecule has 0 bridgehead atoms. The van der Waals surface area contributed by atoms with E-state index in [2.05, 4.69) is 167 Å². The highest BCUT2D eigenvalue weighted by Gasteiger charge is 2.10. The SMILES string of the molecule is c1ccc2cc3cc(-[n+]4ccc(CCCc5cc[n+](-c6ccc7cc8ccccc8cc7c6)cc5)cc4)ccc3cc2c1. The highest BCUT2D eigenvalue weighted by molar-refractivity contribution is 5.99. The van der Waals surface area contributed by atoms with E-state index in [0.29, 0.717) is 0 Å². The van der Waals surface area contributed by atoms with Gasteiger partial charge < -0.3 is 0 Å². The van der Waals surface area contributed by atoms with Crippen LogP contribution in [-0.2, 0) is 12.8 Å².